The topological polar surface area (TPSA) is 116 Å². The predicted octanol–water partition coefficient (Wildman–Crippen LogP) is 2.73. The van der Waals surface area contributed by atoms with Crippen molar-refractivity contribution in [3.63, 3.8) is 0 Å². The normalized spacial score (nSPS) is 11.3. The third-order valence-corrected chi connectivity index (χ3v) is 5.71. The van der Waals surface area contributed by atoms with Gasteiger partial charge in [0.15, 0.2) is 0 Å². The predicted molar refractivity (Wildman–Crippen MR) is 101 cm³/mol. The molecule has 0 N–H and O–H groups in total. The third kappa shape index (κ3) is 5.18. The molecule has 0 aromatic heterocycles. The number of carbonyl (C=O) groups excluding carboxylic acids is 1. The van der Waals surface area contributed by atoms with Gasteiger partial charge >= 0.3 is 5.97 Å². The summed E-state index contributed by atoms with van der Waals surface area (Å²) in [6.45, 7) is -0.0694. The minimum atomic E-state index is -3.52. The highest BCUT2D eigenvalue weighted by Gasteiger charge is 2.17. The Hall–Kier alpha value is -2.69. The van der Waals surface area contributed by atoms with E-state index < -0.39 is 20.9 Å². The van der Waals surface area contributed by atoms with Crippen LogP contribution in [0, 0.1) is 10.1 Å². The number of nitrogens with zero attached hydrogens (tertiary/aromatic N) is 2. The van der Waals surface area contributed by atoms with Crippen LogP contribution in [0.25, 0.3) is 0 Å². The fraction of sp³-hybridized carbons (Fsp3) is 0.235. The maximum atomic E-state index is 12.0. The maximum Gasteiger partial charge on any atom is 0.339 e. The molecule has 0 atom stereocenters. The lowest BCUT2D eigenvalue weighted by molar-refractivity contribution is -0.384. The average Bonchev–Trinajstić information content (AvgIpc) is 2.65. The molecule has 0 spiro atoms. The van der Waals surface area contributed by atoms with Crippen molar-refractivity contribution in [2.75, 3.05) is 27.3 Å². The first-order valence-electron chi connectivity index (χ1n) is 7.89. The zero-order chi connectivity index (χ0) is 20.9. The summed E-state index contributed by atoms with van der Waals surface area (Å²) >= 11 is 5.86. The molecule has 2 aromatic carbocycles. The van der Waals surface area contributed by atoms with Crippen LogP contribution < -0.4 is 4.74 Å². The van der Waals surface area contributed by atoms with Crippen LogP contribution in [-0.4, -0.2) is 50.9 Å². The number of non-ortho nitro benzene ring substituents is 1. The summed E-state index contributed by atoms with van der Waals surface area (Å²) in [7, 11) is -0.648. The number of benzene rings is 2. The van der Waals surface area contributed by atoms with Gasteiger partial charge in [-0.15, -0.1) is 0 Å². The molecule has 28 heavy (non-hydrogen) atoms. The zero-order valence-corrected chi connectivity index (χ0v) is 16.6. The number of carbonyl (C=O) groups is 1. The largest absolute Gasteiger partial charge is 0.490 e. The van der Waals surface area contributed by atoms with E-state index in [0.29, 0.717) is 5.75 Å². The van der Waals surface area contributed by atoms with Gasteiger partial charge in [0.2, 0.25) is 10.0 Å². The summed E-state index contributed by atoms with van der Waals surface area (Å²) in [4.78, 5) is 22.1. The Bertz CT molecular complexity index is 976. The van der Waals surface area contributed by atoms with Gasteiger partial charge < -0.3 is 9.47 Å². The van der Waals surface area contributed by atoms with Crippen LogP contribution in [0.5, 0.6) is 5.75 Å². The van der Waals surface area contributed by atoms with Gasteiger partial charge in [-0.2, -0.15) is 0 Å². The van der Waals surface area contributed by atoms with Crippen molar-refractivity contribution < 1.29 is 27.6 Å². The molecule has 0 unspecified atom stereocenters. The summed E-state index contributed by atoms with van der Waals surface area (Å²) in [6, 6.07) is 9.24. The fourth-order valence-electron chi connectivity index (χ4n) is 2.07. The van der Waals surface area contributed by atoms with Gasteiger partial charge in [-0.1, -0.05) is 11.6 Å². The van der Waals surface area contributed by atoms with E-state index in [0.717, 1.165) is 16.4 Å². The van der Waals surface area contributed by atoms with Crippen LogP contribution in [0.1, 0.15) is 10.4 Å². The highest BCUT2D eigenvalue weighted by molar-refractivity contribution is 7.89. The van der Waals surface area contributed by atoms with Crippen LogP contribution in [0.4, 0.5) is 5.69 Å². The SMILES string of the molecule is CN(C)S(=O)(=O)c1ccc(OCCOC(=O)c2ccc([N+](=O)[O-])cc2Cl)cc1. The molecule has 0 saturated heterocycles. The molecule has 0 bridgehead atoms. The van der Waals surface area contributed by atoms with Gasteiger partial charge in [-0.25, -0.2) is 17.5 Å². The molecule has 0 amide bonds. The van der Waals surface area contributed by atoms with Crippen LogP contribution in [0.2, 0.25) is 5.02 Å². The summed E-state index contributed by atoms with van der Waals surface area (Å²) in [5, 5.41) is 10.6. The lowest BCUT2D eigenvalue weighted by Gasteiger charge is -2.12. The molecular weight excluding hydrogens is 412 g/mol. The summed E-state index contributed by atoms with van der Waals surface area (Å²) in [6.07, 6.45) is 0. The number of halogens is 1. The second kappa shape index (κ2) is 9.00. The van der Waals surface area contributed by atoms with Crippen LogP contribution >= 0.6 is 11.6 Å². The van der Waals surface area contributed by atoms with Gasteiger partial charge in [0.05, 0.1) is 20.4 Å². The summed E-state index contributed by atoms with van der Waals surface area (Å²) in [5.74, 6) is -0.335. The van der Waals surface area contributed by atoms with Crippen molar-refractivity contribution in [1.29, 1.82) is 0 Å². The molecule has 11 heteroatoms. The highest BCUT2D eigenvalue weighted by atomic mass is 35.5. The number of hydrogen-bond acceptors (Lipinski definition) is 7. The first-order chi connectivity index (χ1) is 13.1. The standard InChI is InChI=1S/C17H17ClN2O7S/c1-19(2)28(24,25)14-6-4-13(5-7-14)26-9-10-27-17(21)15-8-3-12(20(22)23)11-16(15)18/h3-8,11H,9-10H2,1-2H3. The molecule has 0 radical (unpaired) electrons. The first-order valence-corrected chi connectivity index (χ1v) is 9.71. The minimum Gasteiger partial charge on any atom is -0.490 e. The first kappa shape index (κ1) is 21.6. The lowest BCUT2D eigenvalue weighted by atomic mass is 10.2. The molecule has 2 rings (SSSR count). The van der Waals surface area contributed by atoms with Crippen molar-refractivity contribution in [3.8, 4) is 5.75 Å². The number of nitro benzene ring substituents is 1. The van der Waals surface area contributed by atoms with E-state index in [-0.39, 0.29) is 34.4 Å². The van der Waals surface area contributed by atoms with E-state index in [1.54, 1.807) is 0 Å². The van der Waals surface area contributed by atoms with E-state index in [4.69, 9.17) is 21.1 Å². The minimum absolute atomic E-state index is 0.00510. The molecule has 0 heterocycles. The molecule has 0 aliphatic carbocycles. The van der Waals surface area contributed by atoms with Gasteiger partial charge in [-0.3, -0.25) is 10.1 Å². The number of hydrogen-bond donors (Lipinski definition) is 0. The Morgan fingerprint density at radius 3 is 2.32 bits per heavy atom. The van der Waals surface area contributed by atoms with Crippen molar-refractivity contribution >= 4 is 33.3 Å². The Morgan fingerprint density at radius 1 is 1.14 bits per heavy atom. The Kier molecular flexibility index (Phi) is 6.95. The molecule has 150 valence electrons. The third-order valence-electron chi connectivity index (χ3n) is 3.57. The van der Waals surface area contributed by atoms with E-state index in [2.05, 4.69) is 0 Å². The Morgan fingerprint density at radius 2 is 1.79 bits per heavy atom. The molecule has 0 saturated carbocycles. The lowest BCUT2D eigenvalue weighted by Crippen LogP contribution is -2.22. The van der Waals surface area contributed by atoms with Crippen LogP contribution in [-0.2, 0) is 14.8 Å². The smallest absolute Gasteiger partial charge is 0.339 e. The summed E-state index contributed by atoms with van der Waals surface area (Å²) in [5.41, 5.74) is -0.227. The van der Waals surface area contributed by atoms with E-state index in [1.165, 1.54) is 44.4 Å². The van der Waals surface area contributed by atoms with E-state index in [1.807, 2.05) is 0 Å². The molecule has 0 aliphatic heterocycles. The van der Waals surface area contributed by atoms with Crippen LogP contribution in [0.15, 0.2) is 47.4 Å². The number of nitro groups is 1. The summed E-state index contributed by atoms with van der Waals surface area (Å²) < 4.78 is 35.5. The van der Waals surface area contributed by atoms with Crippen molar-refractivity contribution in [2.24, 2.45) is 0 Å². The number of rotatable bonds is 8. The van der Waals surface area contributed by atoms with Crippen molar-refractivity contribution in [2.45, 2.75) is 4.90 Å². The quantitative estimate of drug-likeness (QED) is 0.274. The molecule has 0 aliphatic rings. The van der Waals surface area contributed by atoms with Gasteiger partial charge in [0, 0.05) is 26.2 Å². The number of ether oxygens (including phenoxy) is 2. The monoisotopic (exact) mass is 428 g/mol. The second-order valence-corrected chi connectivity index (χ2v) is 8.22. The van der Waals surface area contributed by atoms with Crippen molar-refractivity contribution in [1.82, 2.24) is 4.31 Å². The fourth-order valence-corrected chi connectivity index (χ4v) is 3.23. The molecule has 2 aromatic rings. The van der Waals surface area contributed by atoms with Crippen molar-refractivity contribution in [3.05, 3.63) is 63.2 Å². The van der Waals surface area contributed by atoms with Gasteiger partial charge in [0.1, 0.15) is 19.0 Å². The highest BCUT2D eigenvalue weighted by Crippen LogP contribution is 2.23. The number of esters is 1. The Balaban J connectivity index is 1.87. The van der Waals surface area contributed by atoms with Gasteiger partial charge in [0.25, 0.3) is 5.69 Å². The average molecular weight is 429 g/mol. The maximum absolute atomic E-state index is 12.0. The Labute approximate surface area is 166 Å². The second-order valence-electron chi connectivity index (χ2n) is 5.66. The van der Waals surface area contributed by atoms with Gasteiger partial charge in [-0.05, 0) is 30.3 Å². The zero-order valence-electron chi connectivity index (χ0n) is 15.0. The molecular formula is C17H17ClN2O7S. The van der Waals surface area contributed by atoms with E-state index >= 15 is 0 Å². The molecule has 0 fully saturated rings. The molecule has 9 nitrogen and oxygen atoms in total. The van der Waals surface area contributed by atoms with E-state index in [9.17, 15) is 23.3 Å². The van der Waals surface area contributed by atoms with Crippen LogP contribution in [0.3, 0.4) is 0 Å². The number of sulfonamides is 1.